The summed E-state index contributed by atoms with van der Waals surface area (Å²) in [5.74, 6) is 3.22. The lowest BCUT2D eigenvalue weighted by Crippen LogP contribution is -2.60. The molecule has 1 aliphatic carbocycles. The lowest BCUT2D eigenvalue weighted by atomic mass is 9.68. The Hall–Kier alpha value is -2.41. The molecule has 0 radical (unpaired) electrons. The van der Waals surface area contributed by atoms with E-state index in [0.29, 0.717) is 48.2 Å². The van der Waals surface area contributed by atoms with Crippen molar-refractivity contribution >= 4 is 5.91 Å². The fourth-order valence-electron chi connectivity index (χ4n) is 6.65. The predicted octanol–water partition coefficient (Wildman–Crippen LogP) is 4.07. The van der Waals surface area contributed by atoms with Gasteiger partial charge in [-0.1, -0.05) is 23.2 Å². The zero-order valence-corrected chi connectivity index (χ0v) is 18.6. The molecule has 170 valence electrons. The summed E-state index contributed by atoms with van der Waals surface area (Å²) in [6.07, 6.45) is 13.6. The smallest absolute Gasteiger partial charge is 0.238 e. The molecule has 6 rings (SSSR count). The highest BCUT2D eigenvalue weighted by molar-refractivity contribution is 5.77. The van der Waals surface area contributed by atoms with E-state index in [-0.39, 0.29) is 5.91 Å². The van der Waals surface area contributed by atoms with Gasteiger partial charge in [-0.2, -0.15) is 4.98 Å². The van der Waals surface area contributed by atoms with Crippen molar-refractivity contribution in [2.45, 2.75) is 69.9 Å². The molecule has 2 aromatic heterocycles. The highest BCUT2D eigenvalue weighted by Crippen LogP contribution is 2.45. The van der Waals surface area contributed by atoms with Gasteiger partial charge in [-0.15, -0.1) is 0 Å². The molecule has 32 heavy (non-hydrogen) atoms. The van der Waals surface area contributed by atoms with Gasteiger partial charge in [0.1, 0.15) is 0 Å². The van der Waals surface area contributed by atoms with Crippen LogP contribution in [0.5, 0.6) is 0 Å². The zero-order chi connectivity index (χ0) is 21.5. The normalized spacial score (nSPS) is 29.9. The second-order valence-corrected chi connectivity index (χ2v) is 9.94. The van der Waals surface area contributed by atoms with Crippen LogP contribution in [0.1, 0.15) is 57.3 Å². The summed E-state index contributed by atoms with van der Waals surface area (Å²) in [4.78, 5) is 22.6. The lowest BCUT2D eigenvalue weighted by Gasteiger charge is -2.54. The number of carbonyl (C=O) groups is 1. The van der Waals surface area contributed by atoms with Crippen LogP contribution in [-0.4, -0.2) is 57.6 Å². The summed E-state index contributed by atoms with van der Waals surface area (Å²) in [5, 5.41) is 3.98. The van der Waals surface area contributed by atoms with Gasteiger partial charge >= 0.3 is 0 Å². The Morgan fingerprint density at radius 1 is 1.22 bits per heavy atom. The van der Waals surface area contributed by atoms with E-state index in [1.54, 1.807) is 17.9 Å². The SMILES string of the molecule is O=C(CCCc1nc(-c2ccco2)no1)N1CCCC2=C[C@H]3CC(CN4CCCCC34)C21. The third-order valence-electron chi connectivity index (χ3n) is 7.97. The number of furan rings is 1. The van der Waals surface area contributed by atoms with E-state index in [1.165, 1.54) is 45.2 Å². The quantitative estimate of drug-likeness (QED) is 0.658. The number of likely N-dealkylation sites (tertiary alicyclic amines) is 1. The Morgan fingerprint density at radius 3 is 3.09 bits per heavy atom. The maximum absolute atomic E-state index is 13.3. The highest BCUT2D eigenvalue weighted by Gasteiger charge is 2.46. The molecule has 1 amide bonds. The van der Waals surface area contributed by atoms with Crippen LogP contribution < -0.4 is 0 Å². The average Bonchev–Trinajstić information content (AvgIpc) is 3.51. The van der Waals surface area contributed by atoms with E-state index >= 15 is 0 Å². The number of amides is 1. The van der Waals surface area contributed by atoms with Crippen molar-refractivity contribution in [3.05, 3.63) is 35.9 Å². The summed E-state index contributed by atoms with van der Waals surface area (Å²) in [6, 6.07) is 4.69. The molecule has 3 saturated heterocycles. The van der Waals surface area contributed by atoms with E-state index in [0.717, 1.165) is 25.4 Å². The second kappa shape index (κ2) is 8.50. The first-order valence-corrected chi connectivity index (χ1v) is 12.4. The number of fused-ring (bicyclic) bond motifs is 6. The van der Waals surface area contributed by atoms with Gasteiger partial charge in [0.2, 0.25) is 17.6 Å². The van der Waals surface area contributed by atoms with Crippen LogP contribution in [-0.2, 0) is 11.2 Å². The van der Waals surface area contributed by atoms with E-state index in [9.17, 15) is 4.79 Å². The average molecular weight is 437 g/mol. The van der Waals surface area contributed by atoms with Gasteiger partial charge < -0.3 is 13.8 Å². The van der Waals surface area contributed by atoms with Gasteiger partial charge in [-0.25, -0.2) is 0 Å². The Balaban J connectivity index is 1.10. The van der Waals surface area contributed by atoms with Crippen LogP contribution in [0.3, 0.4) is 0 Å². The molecule has 2 bridgehead atoms. The van der Waals surface area contributed by atoms with Crippen LogP contribution in [0, 0.1) is 11.8 Å². The van der Waals surface area contributed by atoms with Gasteiger partial charge in [0.15, 0.2) is 5.76 Å². The summed E-state index contributed by atoms with van der Waals surface area (Å²) in [5.41, 5.74) is 1.55. The second-order valence-electron chi connectivity index (χ2n) is 9.94. The zero-order valence-electron chi connectivity index (χ0n) is 18.6. The van der Waals surface area contributed by atoms with Crippen LogP contribution >= 0.6 is 0 Å². The van der Waals surface area contributed by atoms with Crippen molar-refractivity contribution in [1.29, 1.82) is 0 Å². The summed E-state index contributed by atoms with van der Waals surface area (Å²) in [7, 11) is 0. The molecule has 4 aliphatic rings. The standard InChI is InChI=1S/C25H32N4O3/c30-23(10-3-9-22-26-25(27-32-22)21-8-5-13-31-21)29-12-4-6-17-14-18-15-19(24(17)29)16-28-11-2-1-7-20(18)28/h5,8,13-14,18-20,24H,1-4,6-7,9-12,15-16H2/t18-,19?,20?,24?/m0/s1. The number of piperidine rings is 3. The van der Waals surface area contributed by atoms with E-state index in [4.69, 9.17) is 8.94 Å². The van der Waals surface area contributed by atoms with E-state index in [1.807, 2.05) is 6.07 Å². The molecule has 3 fully saturated rings. The van der Waals surface area contributed by atoms with Crippen molar-refractivity contribution in [1.82, 2.24) is 19.9 Å². The highest BCUT2D eigenvalue weighted by atomic mass is 16.5. The topological polar surface area (TPSA) is 75.6 Å². The molecule has 5 heterocycles. The number of hydrogen-bond donors (Lipinski definition) is 0. The van der Waals surface area contributed by atoms with Crippen LogP contribution in [0.4, 0.5) is 0 Å². The van der Waals surface area contributed by atoms with Crippen molar-refractivity contribution in [3.63, 3.8) is 0 Å². The third kappa shape index (κ3) is 3.70. The Kier molecular flexibility index (Phi) is 5.37. The first kappa shape index (κ1) is 20.2. The first-order chi connectivity index (χ1) is 15.8. The van der Waals surface area contributed by atoms with Crippen LogP contribution in [0.25, 0.3) is 11.6 Å². The largest absolute Gasteiger partial charge is 0.461 e. The van der Waals surface area contributed by atoms with Crippen molar-refractivity contribution in [2.24, 2.45) is 11.8 Å². The summed E-state index contributed by atoms with van der Waals surface area (Å²) < 4.78 is 10.7. The maximum atomic E-state index is 13.3. The molecule has 7 nitrogen and oxygen atoms in total. The van der Waals surface area contributed by atoms with E-state index < -0.39 is 0 Å². The molecule has 0 N–H and O–H groups in total. The van der Waals surface area contributed by atoms with Gasteiger partial charge in [-0.05, 0) is 69.0 Å². The van der Waals surface area contributed by atoms with Crippen molar-refractivity contribution in [3.8, 4) is 11.6 Å². The monoisotopic (exact) mass is 436 g/mol. The molecule has 4 atom stereocenters. The minimum atomic E-state index is 0.283. The van der Waals surface area contributed by atoms with Crippen molar-refractivity contribution in [2.75, 3.05) is 19.6 Å². The molecule has 3 unspecified atom stereocenters. The molecule has 2 aromatic rings. The maximum Gasteiger partial charge on any atom is 0.238 e. The molecule has 3 aliphatic heterocycles. The minimum absolute atomic E-state index is 0.283. The Labute approximate surface area is 188 Å². The molecule has 7 heteroatoms. The summed E-state index contributed by atoms with van der Waals surface area (Å²) >= 11 is 0. The van der Waals surface area contributed by atoms with Gasteiger partial charge in [-0.3, -0.25) is 9.69 Å². The number of aromatic nitrogens is 2. The Bertz CT molecular complexity index is 981. The molecule has 0 spiro atoms. The number of rotatable bonds is 5. The number of carbonyl (C=O) groups excluding carboxylic acids is 1. The van der Waals surface area contributed by atoms with Crippen LogP contribution in [0.15, 0.2) is 39.0 Å². The molecule has 0 aromatic carbocycles. The van der Waals surface area contributed by atoms with E-state index in [2.05, 4.69) is 26.0 Å². The van der Waals surface area contributed by atoms with Gasteiger partial charge in [0, 0.05) is 32.0 Å². The third-order valence-corrected chi connectivity index (χ3v) is 7.97. The first-order valence-electron chi connectivity index (χ1n) is 12.4. The summed E-state index contributed by atoms with van der Waals surface area (Å²) in [6.45, 7) is 3.31. The molecule has 0 saturated carbocycles. The van der Waals surface area contributed by atoms with Crippen LogP contribution in [0.2, 0.25) is 0 Å². The number of hydrogen-bond acceptors (Lipinski definition) is 6. The molecular formula is C25H32N4O3. The van der Waals surface area contributed by atoms with Crippen molar-refractivity contribution < 1.29 is 13.7 Å². The fraction of sp³-hybridized carbons (Fsp3) is 0.640. The van der Waals surface area contributed by atoms with Gasteiger partial charge in [0.05, 0.1) is 12.3 Å². The minimum Gasteiger partial charge on any atom is -0.461 e. The fourth-order valence-corrected chi connectivity index (χ4v) is 6.65. The number of nitrogens with zero attached hydrogens (tertiary/aromatic N) is 4. The number of aryl methyl sites for hydroxylation is 1. The Morgan fingerprint density at radius 2 is 2.19 bits per heavy atom. The molecular weight excluding hydrogens is 404 g/mol. The van der Waals surface area contributed by atoms with Gasteiger partial charge in [0.25, 0.3) is 0 Å². The predicted molar refractivity (Wildman–Crippen MR) is 119 cm³/mol. The lowest BCUT2D eigenvalue weighted by molar-refractivity contribution is -0.136.